The molecule has 1 aliphatic heterocycles. The highest BCUT2D eigenvalue weighted by atomic mass is 16.5. The molecule has 3 aromatic rings. The van der Waals surface area contributed by atoms with Crippen molar-refractivity contribution in [2.75, 3.05) is 13.2 Å². The second-order valence-corrected chi connectivity index (χ2v) is 6.02. The van der Waals surface area contributed by atoms with Crippen LogP contribution in [-0.4, -0.2) is 50.1 Å². The van der Waals surface area contributed by atoms with Crippen molar-refractivity contribution in [3.8, 4) is 11.4 Å². The zero-order valence-electron chi connectivity index (χ0n) is 13.9. The van der Waals surface area contributed by atoms with Gasteiger partial charge in [-0.2, -0.15) is 5.10 Å². The van der Waals surface area contributed by atoms with Gasteiger partial charge in [-0.3, -0.25) is 4.68 Å². The van der Waals surface area contributed by atoms with Crippen LogP contribution in [0, 0.1) is 0 Å². The molecular weight excluding hydrogens is 320 g/mol. The molecule has 3 heterocycles. The summed E-state index contributed by atoms with van der Waals surface area (Å²) in [4.78, 5) is 0. The molecule has 0 amide bonds. The van der Waals surface area contributed by atoms with Gasteiger partial charge in [-0.05, 0) is 12.1 Å². The summed E-state index contributed by atoms with van der Waals surface area (Å²) >= 11 is 0. The van der Waals surface area contributed by atoms with Gasteiger partial charge in [0.15, 0.2) is 5.75 Å². The second kappa shape index (κ2) is 7.04. The molecule has 1 aromatic carbocycles. The van der Waals surface area contributed by atoms with Gasteiger partial charge >= 0.3 is 0 Å². The van der Waals surface area contributed by atoms with Crippen molar-refractivity contribution in [1.82, 2.24) is 30.1 Å². The molecule has 1 aliphatic rings. The third-order valence-corrected chi connectivity index (χ3v) is 4.10. The maximum absolute atomic E-state index is 5.96. The van der Waals surface area contributed by atoms with Gasteiger partial charge in [0, 0.05) is 13.6 Å². The SMILES string of the molecule is Cn1cc(O[C@@H]2COC[C@@H]2NCc2cn(-c3ccccc3)nn2)cn1. The van der Waals surface area contributed by atoms with Crippen molar-refractivity contribution in [1.29, 1.82) is 0 Å². The van der Waals surface area contributed by atoms with Gasteiger partial charge in [-0.1, -0.05) is 23.4 Å². The Balaban J connectivity index is 1.35. The average Bonchev–Trinajstić information content (AvgIpc) is 3.36. The maximum Gasteiger partial charge on any atom is 0.157 e. The van der Waals surface area contributed by atoms with Crippen molar-refractivity contribution >= 4 is 0 Å². The number of ether oxygens (including phenoxy) is 2. The Hall–Kier alpha value is -2.71. The summed E-state index contributed by atoms with van der Waals surface area (Å²) in [5.74, 6) is 0.750. The summed E-state index contributed by atoms with van der Waals surface area (Å²) < 4.78 is 15.0. The lowest BCUT2D eigenvalue weighted by atomic mass is 10.2. The number of hydrogen-bond donors (Lipinski definition) is 1. The minimum atomic E-state index is -0.0478. The van der Waals surface area contributed by atoms with E-state index in [1.165, 1.54) is 0 Å². The van der Waals surface area contributed by atoms with E-state index in [0.717, 1.165) is 17.1 Å². The number of para-hydroxylation sites is 1. The molecule has 2 aromatic heterocycles. The predicted molar refractivity (Wildman–Crippen MR) is 90.4 cm³/mol. The van der Waals surface area contributed by atoms with Crippen LogP contribution in [0.25, 0.3) is 5.69 Å². The largest absolute Gasteiger partial charge is 0.483 e. The average molecular weight is 340 g/mol. The van der Waals surface area contributed by atoms with E-state index in [-0.39, 0.29) is 12.1 Å². The van der Waals surface area contributed by atoms with Crippen molar-refractivity contribution < 1.29 is 9.47 Å². The smallest absolute Gasteiger partial charge is 0.157 e. The van der Waals surface area contributed by atoms with Crippen LogP contribution in [0.15, 0.2) is 48.9 Å². The first-order valence-electron chi connectivity index (χ1n) is 8.21. The van der Waals surface area contributed by atoms with Gasteiger partial charge in [0.25, 0.3) is 0 Å². The number of aryl methyl sites for hydroxylation is 1. The van der Waals surface area contributed by atoms with Gasteiger partial charge in [-0.25, -0.2) is 4.68 Å². The molecule has 1 N–H and O–H groups in total. The van der Waals surface area contributed by atoms with E-state index in [2.05, 4.69) is 20.7 Å². The fraction of sp³-hybridized carbons (Fsp3) is 0.353. The first-order valence-corrected chi connectivity index (χ1v) is 8.21. The van der Waals surface area contributed by atoms with Crippen molar-refractivity contribution in [3.05, 3.63) is 54.6 Å². The number of hydrogen-bond acceptors (Lipinski definition) is 6. The number of nitrogens with one attached hydrogen (secondary N) is 1. The molecule has 0 bridgehead atoms. The standard InChI is InChI=1S/C17H20N6O2/c1-22-10-15(8-19-22)25-17-12-24-11-16(17)18-7-13-9-23(21-20-13)14-5-3-2-4-6-14/h2-6,8-10,16-18H,7,11-12H2,1H3/t16-,17+/m0/s1. The van der Waals surface area contributed by atoms with E-state index in [0.29, 0.717) is 19.8 Å². The van der Waals surface area contributed by atoms with Gasteiger partial charge in [0.05, 0.1) is 49.2 Å². The number of benzene rings is 1. The highest BCUT2D eigenvalue weighted by molar-refractivity contribution is 5.29. The third kappa shape index (κ3) is 3.70. The second-order valence-electron chi connectivity index (χ2n) is 6.02. The Morgan fingerprint density at radius 2 is 2.12 bits per heavy atom. The topological polar surface area (TPSA) is 79.0 Å². The fourth-order valence-electron chi connectivity index (χ4n) is 2.80. The lowest BCUT2D eigenvalue weighted by molar-refractivity contribution is 0.139. The van der Waals surface area contributed by atoms with E-state index in [4.69, 9.17) is 9.47 Å². The summed E-state index contributed by atoms with van der Waals surface area (Å²) in [5.41, 5.74) is 1.86. The van der Waals surface area contributed by atoms with Gasteiger partial charge in [-0.15, -0.1) is 5.10 Å². The molecule has 25 heavy (non-hydrogen) atoms. The molecule has 0 aliphatic carbocycles. The highest BCUT2D eigenvalue weighted by Gasteiger charge is 2.30. The van der Waals surface area contributed by atoms with Crippen LogP contribution < -0.4 is 10.1 Å². The lowest BCUT2D eigenvalue weighted by Gasteiger charge is -2.19. The number of aromatic nitrogens is 5. The molecule has 8 heteroatoms. The van der Waals surface area contributed by atoms with Crippen LogP contribution >= 0.6 is 0 Å². The Morgan fingerprint density at radius 3 is 2.92 bits per heavy atom. The summed E-state index contributed by atoms with van der Waals surface area (Å²) in [6.45, 7) is 1.77. The summed E-state index contributed by atoms with van der Waals surface area (Å²) in [6.07, 6.45) is 5.44. The normalized spacial score (nSPS) is 20.0. The summed E-state index contributed by atoms with van der Waals surface area (Å²) in [7, 11) is 1.86. The van der Waals surface area contributed by atoms with Crippen molar-refractivity contribution in [2.45, 2.75) is 18.7 Å². The van der Waals surface area contributed by atoms with E-state index < -0.39 is 0 Å². The Kier molecular flexibility index (Phi) is 4.45. The first-order chi connectivity index (χ1) is 12.3. The van der Waals surface area contributed by atoms with Crippen LogP contribution in [0.5, 0.6) is 5.75 Å². The van der Waals surface area contributed by atoms with Crippen molar-refractivity contribution in [3.63, 3.8) is 0 Å². The zero-order valence-corrected chi connectivity index (χ0v) is 13.9. The molecule has 4 rings (SSSR count). The molecule has 2 atom stereocenters. The fourth-order valence-corrected chi connectivity index (χ4v) is 2.80. The quantitative estimate of drug-likeness (QED) is 0.719. The summed E-state index contributed by atoms with van der Waals surface area (Å²) in [6, 6.07) is 10.0. The van der Waals surface area contributed by atoms with Gasteiger partial charge in [0.2, 0.25) is 0 Å². The predicted octanol–water partition coefficient (Wildman–Crippen LogP) is 0.937. The lowest BCUT2D eigenvalue weighted by Crippen LogP contribution is -2.41. The zero-order chi connectivity index (χ0) is 17.1. The minimum absolute atomic E-state index is 0.0478. The van der Waals surface area contributed by atoms with Gasteiger partial charge in [0.1, 0.15) is 6.10 Å². The van der Waals surface area contributed by atoms with Crippen molar-refractivity contribution in [2.24, 2.45) is 7.05 Å². The Bertz CT molecular complexity index is 815. The highest BCUT2D eigenvalue weighted by Crippen LogP contribution is 2.16. The van der Waals surface area contributed by atoms with Crippen LogP contribution in [-0.2, 0) is 18.3 Å². The molecular formula is C17H20N6O2. The number of nitrogens with zero attached hydrogens (tertiary/aromatic N) is 5. The molecule has 8 nitrogen and oxygen atoms in total. The van der Waals surface area contributed by atoms with E-state index >= 15 is 0 Å². The molecule has 0 unspecified atom stereocenters. The maximum atomic E-state index is 5.96. The molecule has 0 spiro atoms. The monoisotopic (exact) mass is 340 g/mol. The van der Waals surface area contributed by atoms with Crippen LogP contribution in [0.3, 0.4) is 0 Å². The van der Waals surface area contributed by atoms with Crippen LogP contribution in [0.1, 0.15) is 5.69 Å². The number of rotatable bonds is 6. The third-order valence-electron chi connectivity index (χ3n) is 4.10. The molecule has 1 saturated heterocycles. The first kappa shape index (κ1) is 15.8. The Morgan fingerprint density at radius 1 is 1.24 bits per heavy atom. The molecule has 0 saturated carbocycles. The van der Waals surface area contributed by atoms with Crippen LogP contribution in [0.2, 0.25) is 0 Å². The summed E-state index contributed by atoms with van der Waals surface area (Å²) in [5, 5.41) is 16.0. The minimum Gasteiger partial charge on any atom is -0.483 e. The molecule has 0 radical (unpaired) electrons. The molecule has 1 fully saturated rings. The van der Waals surface area contributed by atoms with E-state index in [1.54, 1.807) is 15.6 Å². The van der Waals surface area contributed by atoms with E-state index in [9.17, 15) is 0 Å². The van der Waals surface area contributed by atoms with Gasteiger partial charge < -0.3 is 14.8 Å². The molecule has 130 valence electrons. The van der Waals surface area contributed by atoms with E-state index in [1.807, 2.05) is 49.8 Å². The van der Waals surface area contributed by atoms with Crippen LogP contribution in [0.4, 0.5) is 0 Å². The Labute approximate surface area is 145 Å².